The van der Waals surface area contributed by atoms with Gasteiger partial charge in [-0.3, -0.25) is 23.7 Å². The van der Waals surface area contributed by atoms with Crippen molar-refractivity contribution < 1.29 is 22.2 Å². The fourth-order valence-corrected chi connectivity index (χ4v) is 11.8. The fraction of sp³-hybridized carbons (Fsp3) is 0.281. The van der Waals surface area contributed by atoms with Gasteiger partial charge in [-0.2, -0.15) is 8.42 Å². The first-order valence-electron chi connectivity index (χ1n) is 26.1. The number of rotatable bonds is 8. The molecule has 2 aliphatic carbocycles. The molecule has 0 spiro atoms. The van der Waals surface area contributed by atoms with E-state index in [0.717, 1.165) is 98.8 Å². The minimum atomic E-state index is -3.66. The van der Waals surface area contributed by atoms with E-state index in [4.69, 9.17) is 14.2 Å². The highest BCUT2D eigenvalue weighted by Gasteiger charge is 2.33. The Labute approximate surface area is 436 Å². The SMILES string of the molecule is Cc1ccc2c(c1)CCc1cccnc1C2=C1CCN(C(=O)C(COS(C)(=O)=O)c2ccccc2)CC1.Cc1ccc2c(c1)CCc1cccnc1C2=C1CCN(C(=O)C(c2ccccc2)c2ccccc2)CC1. The Balaban J connectivity index is 0.000000169. The van der Waals surface area contributed by atoms with Crippen molar-refractivity contribution in [3.63, 3.8) is 0 Å². The predicted molar refractivity (Wildman–Crippen MR) is 294 cm³/mol. The molecule has 0 saturated carbocycles. The number of pyridine rings is 2. The van der Waals surface area contributed by atoms with E-state index in [0.29, 0.717) is 13.1 Å². The molecular weight excluding hydrogens is 937 g/mol. The van der Waals surface area contributed by atoms with Crippen molar-refractivity contribution in [1.29, 1.82) is 0 Å². The van der Waals surface area contributed by atoms with Gasteiger partial charge in [-0.1, -0.05) is 162 Å². The van der Waals surface area contributed by atoms with Crippen molar-refractivity contribution >= 4 is 33.1 Å². The molecule has 376 valence electrons. The molecule has 74 heavy (non-hydrogen) atoms. The van der Waals surface area contributed by atoms with Crippen molar-refractivity contribution in [1.82, 2.24) is 19.8 Å². The van der Waals surface area contributed by atoms with Gasteiger partial charge in [0.2, 0.25) is 11.8 Å². The van der Waals surface area contributed by atoms with Gasteiger partial charge in [0.15, 0.2) is 0 Å². The van der Waals surface area contributed by atoms with E-state index in [-0.39, 0.29) is 24.3 Å². The molecule has 2 fully saturated rings. The first-order chi connectivity index (χ1) is 36.0. The number of hydrogen-bond donors (Lipinski definition) is 0. The van der Waals surface area contributed by atoms with Crippen LogP contribution in [0.2, 0.25) is 0 Å². The topological polar surface area (TPSA) is 110 Å². The number of carbonyl (C=O) groups is 2. The average molecular weight is 1000 g/mol. The van der Waals surface area contributed by atoms with Crippen molar-refractivity contribution in [3.8, 4) is 0 Å². The largest absolute Gasteiger partial charge is 0.341 e. The van der Waals surface area contributed by atoms with E-state index in [1.807, 2.05) is 90.1 Å². The lowest BCUT2D eigenvalue weighted by atomic mass is 9.86. The Bertz CT molecular complexity index is 3290. The fourth-order valence-electron chi connectivity index (χ4n) is 11.4. The van der Waals surface area contributed by atoms with Crippen molar-refractivity contribution in [3.05, 3.63) is 248 Å². The molecule has 4 aliphatic rings. The average Bonchev–Trinajstić information content (AvgIpc) is 3.69. The molecule has 9 nitrogen and oxygen atoms in total. The summed E-state index contributed by atoms with van der Waals surface area (Å²) in [6.07, 6.45) is 12.0. The molecule has 4 heterocycles. The van der Waals surface area contributed by atoms with Crippen LogP contribution >= 0.6 is 0 Å². The normalized spacial score (nSPS) is 15.9. The summed E-state index contributed by atoms with van der Waals surface area (Å²) in [5, 5.41) is 0. The van der Waals surface area contributed by atoms with Crippen molar-refractivity contribution in [2.24, 2.45) is 0 Å². The van der Waals surface area contributed by atoms with Gasteiger partial charge < -0.3 is 9.80 Å². The van der Waals surface area contributed by atoms with Gasteiger partial charge >= 0.3 is 0 Å². The number of nitrogens with zero attached hydrogens (tertiary/aromatic N) is 4. The van der Waals surface area contributed by atoms with Gasteiger partial charge in [0.1, 0.15) is 0 Å². The minimum Gasteiger partial charge on any atom is -0.341 e. The Morgan fingerprint density at radius 2 is 0.905 bits per heavy atom. The summed E-state index contributed by atoms with van der Waals surface area (Å²) in [4.78, 5) is 41.2. The number of aryl methyl sites for hydroxylation is 6. The molecule has 11 rings (SSSR count). The number of piperidine rings is 2. The van der Waals surface area contributed by atoms with Gasteiger partial charge in [-0.25, -0.2) is 0 Å². The first-order valence-corrected chi connectivity index (χ1v) is 27.9. The second kappa shape index (κ2) is 22.5. The zero-order chi connectivity index (χ0) is 51.2. The molecule has 0 bridgehead atoms. The molecular formula is C64H64N4O5S. The molecule has 2 aromatic heterocycles. The number of likely N-dealkylation sites (tertiary alicyclic amines) is 2. The van der Waals surface area contributed by atoms with Crippen molar-refractivity contribution in [2.75, 3.05) is 39.0 Å². The maximum atomic E-state index is 14.0. The Kier molecular flexibility index (Phi) is 15.3. The molecule has 0 N–H and O–H groups in total. The summed E-state index contributed by atoms with van der Waals surface area (Å²) in [5.41, 5.74) is 20.8. The van der Waals surface area contributed by atoms with Crippen LogP contribution in [-0.4, -0.2) is 79.0 Å². The van der Waals surface area contributed by atoms with Crippen LogP contribution in [0.4, 0.5) is 0 Å². The van der Waals surface area contributed by atoms with E-state index in [1.54, 1.807) is 0 Å². The molecule has 1 unspecified atom stereocenters. The smallest absolute Gasteiger partial charge is 0.264 e. The molecule has 10 heteroatoms. The number of aromatic nitrogens is 2. The number of benzene rings is 5. The quantitative estimate of drug-likeness (QED) is 0.139. The summed E-state index contributed by atoms with van der Waals surface area (Å²) in [7, 11) is -3.66. The molecule has 1 atom stereocenters. The lowest BCUT2D eigenvalue weighted by Gasteiger charge is -2.33. The second-order valence-corrected chi connectivity index (χ2v) is 21.8. The molecule has 0 radical (unpaired) electrons. The predicted octanol–water partition coefficient (Wildman–Crippen LogP) is 11.4. The lowest BCUT2D eigenvalue weighted by Crippen LogP contribution is -2.41. The highest BCUT2D eigenvalue weighted by molar-refractivity contribution is 7.86. The van der Waals surface area contributed by atoms with Crippen LogP contribution < -0.4 is 0 Å². The third kappa shape index (κ3) is 11.3. The van der Waals surface area contributed by atoms with Crippen LogP contribution in [-0.2, 0) is 49.6 Å². The standard InChI is InChI=1S/C34H32N2O.C30H32N2O4S/c1-24-14-17-30-29(23-24)16-15-28-13-8-20-35-33(28)32(30)27-18-21-36(22-19-27)34(37)31(25-9-4-2-5-10-25)26-11-6-3-7-12-26;1-21-10-13-26-25(19-21)12-11-24-9-6-16-31-29(24)28(26)23-14-17-32(18-15-23)30(33)27(20-36-37(2,34)35)22-7-4-3-5-8-22/h2-14,17,20,23,31H,15-16,18-19,21-22H2,1H3;3-10,13,16,19,27H,11-12,14-15,17-18,20H2,1-2H3. The molecule has 7 aromatic rings. The second-order valence-electron chi connectivity index (χ2n) is 20.2. The highest BCUT2D eigenvalue weighted by atomic mass is 32.2. The monoisotopic (exact) mass is 1000 g/mol. The summed E-state index contributed by atoms with van der Waals surface area (Å²) >= 11 is 0. The van der Waals surface area contributed by atoms with Gasteiger partial charge in [-0.05, 0) is 127 Å². The van der Waals surface area contributed by atoms with Gasteiger partial charge in [0, 0.05) is 49.7 Å². The maximum absolute atomic E-state index is 14.0. The van der Waals surface area contributed by atoms with Gasteiger partial charge in [0.25, 0.3) is 10.1 Å². The number of hydrogen-bond acceptors (Lipinski definition) is 7. The Hall–Kier alpha value is -7.27. The minimum absolute atomic E-state index is 0.102. The Morgan fingerprint density at radius 3 is 1.34 bits per heavy atom. The third-order valence-corrected chi connectivity index (χ3v) is 15.7. The van der Waals surface area contributed by atoms with E-state index < -0.39 is 16.0 Å². The van der Waals surface area contributed by atoms with Crippen LogP contribution in [0.1, 0.15) is 110 Å². The number of fused-ring (bicyclic) bond motifs is 4. The highest BCUT2D eigenvalue weighted by Crippen LogP contribution is 2.41. The van der Waals surface area contributed by atoms with Crippen LogP contribution in [0, 0.1) is 13.8 Å². The van der Waals surface area contributed by atoms with Gasteiger partial charge in [-0.15, -0.1) is 0 Å². The molecule has 2 amide bonds. The summed E-state index contributed by atoms with van der Waals surface area (Å²) < 4.78 is 28.4. The van der Waals surface area contributed by atoms with Crippen LogP contribution in [0.3, 0.4) is 0 Å². The Morgan fingerprint density at radius 1 is 0.500 bits per heavy atom. The molecule has 5 aromatic carbocycles. The van der Waals surface area contributed by atoms with E-state index in [9.17, 15) is 18.0 Å². The zero-order valence-corrected chi connectivity index (χ0v) is 43.5. The third-order valence-electron chi connectivity index (χ3n) is 15.2. The van der Waals surface area contributed by atoms with Crippen molar-refractivity contribution in [2.45, 2.75) is 77.0 Å². The van der Waals surface area contributed by atoms with Crippen LogP contribution in [0.15, 0.2) is 175 Å². The molecule has 2 aliphatic heterocycles. The summed E-state index contributed by atoms with van der Waals surface area (Å²) in [5.74, 6) is -0.860. The number of carbonyl (C=O) groups excluding carboxylic acids is 2. The maximum Gasteiger partial charge on any atom is 0.264 e. The van der Waals surface area contributed by atoms with E-state index in [1.165, 1.54) is 66.8 Å². The van der Waals surface area contributed by atoms with E-state index in [2.05, 4.69) is 97.6 Å². The van der Waals surface area contributed by atoms with Crippen LogP contribution in [0.5, 0.6) is 0 Å². The van der Waals surface area contributed by atoms with Crippen LogP contribution in [0.25, 0.3) is 11.1 Å². The number of amides is 2. The zero-order valence-electron chi connectivity index (χ0n) is 42.7. The first kappa shape index (κ1) is 50.3. The van der Waals surface area contributed by atoms with E-state index >= 15 is 0 Å². The lowest BCUT2D eigenvalue weighted by molar-refractivity contribution is -0.134. The summed E-state index contributed by atoms with van der Waals surface area (Å²) in [6, 6.07) is 51.6. The molecule has 2 saturated heterocycles. The summed E-state index contributed by atoms with van der Waals surface area (Å²) in [6.45, 7) is 6.71. The van der Waals surface area contributed by atoms with Gasteiger partial charge in [0.05, 0.1) is 36.1 Å².